The van der Waals surface area contributed by atoms with Gasteiger partial charge >= 0.3 is 0 Å². The quantitative estimate of drug-likeness (QED) is 0.598. The zero-order valence-corrected chi connectivity index (χ0v) is 19.7. The lowest BCUT2D eigenvalue weighted by Crippen LogP contribution is -2.33. The molecule has 0 atom stereocenters. The molecule has 0 saturated carbocycles. The molecule has 30 heavy (non-hydrogen) atoms. The molecule has 164 valence electrons. The minimum Gasteiger partial charge on any atom is -0.381 e. The fraction of sp³-hybridized carbons (Fsp3) is 0.435. The zero-order chi connectivity index (χ0) is 22.7. The Kier molecular flexibility index (Phi) is 7.18. The van der Waals surface area contributed by atoms with Gasteiger partial charge in [0.25, 0.3) is 5.91 Å². The van der Waals surface area contributed by atoms with Crippen molar-refractivity contribution >= 4 is 27.3 Å². The van der Waals surface area contributed by atoms with Crippen LogP contribution in [0, 0.1) is 13.8 Å². The van der Waals surface area contributed by atoms with Crippen molar-refractivity contribution in [2.75, 3.05) is 10.0 Å². The molecule has 0 radical (unpaired) electrons. The summed E-state index contributed by atoms with van der Waals surface area (Å²) in [5.41, 5.74) is 5.01. The van der Waals surface area contributed by atoms with E-state index in [4.69, 9.17) is 0 Å². The standard InChI is InChI=1S/C23H33N3O3S/c1-15(2)25-22(27)20-12-16(3)13-21(17(20)4)24-14-18-8-10-19(11-9-18)26-30(28,29)23(5,6)7/h8-13,15,24,26H,14H2,1-7H3,(H,25,27). The number of hydrogen-bond acceptors (Lipinski definition) is 4. The van der Waals surface area contributed by atoms with Crippen LogP contribution in [0.25, 0.3) is 0 Å². The van der Waals surface area contributed by atoms with Crippen molar-refractivity contribution in [3.8, 4) is 0 Å². The summed E-state index contributed by atoms with van der Waals surface area (Å²) < 4.78 is 26.3. The van der Waals surface area contributed by atoms with Gasteiger partial charge in [0.2, 0.25) is 10.0 Å². The fourth-order valence-electron chi connectivity index (χ4n) is 2.81. The summed E-state index contributed by atoms with van der Waals surface area (Å²) in [4.78, 5) is 12.5. The molecule has 0 aliphatic carbocycles. The summed E-state index contributed by atoms with van der Waals surface area (Å²) in [7, 11) is -3.45. The van der Waals surface area contributed by atoms with Crippen molar-refractivity contribution in [1.29, 1.82) is 0 Å². The highest BCUT2D eigenvalue weighted by Crippen LogP contribution is 2.24. The summed E-state index contributed by atoms with van der Waals surface area (Å²) in [5.74, 6) is -0.0789. The molecule has 6 nitrogen and oxygen atoms in total. The molecule has 0 spiro atoms. The van der Waals surface area contributed by atoms with E-state index < -0.39 is 14.8 Å². The topological polar surface area (TPSA) is 87.3 Å². The van der Waals surface area contributed by atoms with Crippen molar-refractivity contribution in [2.45, 2.75) is 65.8 Å². The summed E-state index contributed by atoms with van der Waals surface area (Å²) in [6, 6.07) is 11.3. The number of aryl methyl sites for hydroxylation is 1. The lowest BCUT2D eigenvalue weighted by Gasteiger charge is -2.20. The maximum Gasteiger partial charge on any atom is 0.251 e. The van der Waals surface area contributed by atoms with E-state index in [1.54, 1.807) is 32.9 Å². The number of nitrogens with one attached hydrogen (secondary N) is 3. The van der Waals surface area contributed by atoms with Gasteiger partial charge in [-0.3, -0.25) is 9.52 Å². The van der Waals surface area contributed by atoms with E-state index in [0.717, 1.165) is 22.4 Å². The number of sulfonamides is 1. The SMILES string of the molecule is Cc1cc(NCc2ccc(NS(=O)(=O)C(C)(C)C)cc2)c(C)c(C(=O)NC(C)C)c1. The molecule has 0 fully saturated rings. The van der Waals surface area contributed by atoms with Crippen LogP contribution in [0.1, 0.15) is 61.7 Å². The van der Waals surface area contributed by atoms with Gasteiger partial charge in [-0.1, -0.05) is 12.1 Å². The predicted octanol–water partition coefficient (Wildman–Crippen LogP) is 4.59. The van der Waals surface area contributed by atoms with Crippen LogP contribution in [0.15, 0.2) is 36.4 Å². The average molecular weight is 432 g/mol. The van der Waals surface area contributed by atoms with E-state index in [9.17, 15) is 13.2 Å². The predicted molar refractivity (Wildman–Crippen MR) is 125 cm³/mol. The van der Waals surface area contributed by atoms with E-state index in [1.165, 1.54) is 0 Å². The van der Waals surface area contributed by atoms with Crippen molar-refractivity contribution in [3.05, 3.63) is 58.7 Å². The van der Waals surface area contributed by atoms with Crippen molar-refractivity contribution < 1.29 is 13.2 Å². The summed E-state index contributed by atoms with van der Waals surface area (Å²) in [5, 5.41) is 6.33. The highest BCUT2D eigenvalue weighted by molar-refractivity contribution is 7.94. The third-order valence-electron chi connectivity index (χ3n) is 4.71. The van der Waals surface area contributed by atoms with E-state index in [2.05, 4.69) is 15.4 Å². The molecule has 3 N–H and O–H groups in total. The van der Waals surface area contributed by atoms with Gasteiger partial charge in [0, 0.05) is 29.5 Å². The second kappa shape index (κ2) is 9.08. The number of carbonyl (C=O) groups excluding carboxylic acids is 1. The van der Waals surface area contributed by atoms with Crippen molar-refractivity contribution in [1.82, 2.24) is 5.32 Å². The van der Waals surface area contributed by atoms with Gasteiger partial charge < -0.3 is 10.6 Å². The van der Waals surface area contributed by atoms with Gasteiger partial charge in [0.15, 0.2) is 0 Å². The molecular weight excluding hydrogens is 398 g/mol. The Morgan fingerprint density at radius 2 is 1.63 bits per heavy atom. The minimum atomic E-state index is -3.45. The van der Waals surface area contributed by atoms with Crippen molar-refractivity contribution in [2.24, 2.45) is 0 Å². The molecule has 0 bridgehead atoms. The van der Waals surface area contributed by atoms with Crippen LogP contribution < -0.4 is 15.4 Å². The Hall–Kier alpha value is -2.54. The van der Waals surface area contributed by atoms with E-state index >= 15 is 0 Å². The first kappa shape index (κ1) is 23.7. The lowest BCUT2D eigenvalue weighted by atomic mass is 10.0. The zero-order valence-electron chi connectivity index (χ0n) is 18.9. The lowest BCUT2D eigenvalue weighted by molar-refractivity contribution is 0.0942. The van der Waals surface area contributed by atoms with Gasteiger partial charge in [0.1, 0.15) is 0 Å². The molecule has 2 aromatic carbocycles. The molecule has 7 heteroatoms. The van der Waals surface area contributed by atoms with Gasteiger partial charge in [-0.25, -0.2) is 8.42 Å². The van der Waals surface area contributed by atoms with Crippen LogP contribution in [0.5, 0.6) is 0 Å². The molecule has 0 aliphatic heterocycles. The summed E-state index contributed by atoms with van der Waals surface area (Å²) in [6.45, 7) is 13.3. The number of amides is 1. The molecule has 2 aromatic rings. The number of hydrogen-bond donors (Lipinski definition) is 3. The van der Waals surface area contributed by atoms with Gasteiger partial charge in [0.05, 0.1) is 4.75 Å². The molecular formula is C23H33N3O3S. The Morgan fingerprint density at radius 1 is 1.03 bits per heavy atom. The van der Waals surface area contributed by atoms with Gasteiger partial charge in [-0.15, -0.1) is 0 Å². The highest BCUT2D eigenvalue weighted by Gasteiger charge is 2.28. The number of benzene rings is 2. The first-order valence-electron chi connectivity index (χ1n) is 10.1. The number of anilines is 2. The Bertz CT molecular complexity index is 1010. The Morgan fingerprint density at radius 3 is 2.17 bits per heavy atom. The second-order valence-electron chi connectivity index (χ2n) is 8.88. The van der Waals surface area contributed by atoms with E-state index in [0.29, 0.717) is 17.8 Å². The first-order chi connectivity index (χ1) is 13.8. The molecule has 0 aromatic heterocycles. The molecule has 2 rings (SSSR count). The molecule has 0 unspecified atom stereocenters. The van der Waals surface area contributed by atoms with Crippen molar-refractivity contribution in [3.63, 3.8) is 0 Å². The van der Waals surface area contributed by atoms with Crippen LogP contribution in [0.4, 0.5) is 11.4 Å². The normalized spacial score (nSPS) is 12.0. The first-order valence-corrected chi connectivity index (χ1v) is 11.6. The van der Waals surface area contributed by atoms with Crippen LogP contribution >= 0.6 is 0 Å². The van der Waals surface area contributed by atoms with Gasteiger partial charge in [-0.2, -0.15) is 0 Å². The summed E-state index contributed by atoms with van der Waals surface area (Å²) >= 11 is 0. The number of rotatable bonds is 7. The molecule has 0 heterocycles. The summed E-state index contributed by atoms with van der Waals surface area (Å²) in [6.07, 6.45) is 0. The van der Waals surface area contributed by atoms with Crippen LogP contribution in [0.2, 0.25) is 0 Å². The monoisotopic (exact) mass is 431 g/mol. The molecule has 0 aliphatic rings. The second-order valence-corrected chi connectivity index (χ2v) is 11.3. The molecule has 0 saturated heterocycles. The Labute approximate surface area is 180 Å². The van der Waals surface area contributed by atoms with E-state index in [1.807, 2.05) is 52.0 Å². The van der Waals surface area contributed by atoms with Crippen LogP contribution in [-0.4, -0.2) is 25.1 Å². The third kappa shape index (κ3) is 5.98. The number of carbonyl (C=O) groups is 1. The van der Waals surface area contributed by atoms with E-state index in [-0.39, 0.29) is 11.9 Å². The van der Waals surface area contributed by atoms with Crippen LogP contribution in [0.3, 0.4) is 0 Å². The largest absolute Gasteiger partial charge is 0.381 e. The van der Waals surface area contributed by atoms with Crippen LogP contribution in [-0.2, 0) is 16.6 Å². The third-order valence-corrected chi connectivity index (χ3v) is 6.83. The fourth-order valence-corrected chi connectivity index (χ4v) is 3.57. The Balaban J connectivity index is 2.12. The average Bonchev–Trinajstić information content (AvgIpc) is 2.61. The minimum absolute atomic E-state index is 0.0723. The highest BCUT2D eigenvalue weighted by atomic mass is 32.2. The van der Waals surface area contributed by atoms with Gasteiger partial charge in [-0.05, 0) is 89.4 Å². The maximum absolute atomic E-state index is 12.5. The molecule has 1 amide bonds. The smallest absolute Gasteiger partial charge is 0.251 e. The maximum atomic E-state index is 12.5.